The number of fused-ring (bicyclic) bond motifs is 1. The quantitative estimate of drug-likeness (QED) is 0.762. The first kappa shape index (κ1) is 12.1. The lowest BCUT2D eigenvalue weighted by atomic mass is 10.1. The van der Waals surface area contributed by atoms with Crippen molar-refractivity contribution in [3.63, 3.8) is 0 Å². The van der Waals surface area contributed by atoms with Gasteiger partial charge >= 0.3 is 0 Å². The van der Waals surface area contributed by atoms with Gasteiger partial charge in [0.25, 0.3) is 5.56 Å². The first-order chi connectivity index (χ1) is 7.15. The highest BCUT2D eigenvalue weighted by Gasteiger charge is 2.32. The van der Waals surface area contributed by atoms with Crippen LogP contribution in [0, 0.1) is 0 Å². The Balaban J connectivity index is 2.37. The number of hydrogen-bond acceptors (Lipinski definition) is 1. The number of pyridine rings is 1. The Morgan fingerprint density at radius 2 is 2.33 bits per heavy atom. The van der Waals surface area contributed by atoms with Gasteiger partial charge in [0.15, 0.2) is 0 Å². The van der Waals surface area contributed by atoms with Crippen LogP contribution in [-0.2, 0) is 6.54 Å². The number of aromatic nitrogens is 1. The van der Waals surface area contributed by atoms with Crippen molar-refractivity contribution in [2.24, 2.45) is 0 Å². The second-order valence-electron chi connectivity index (χ2n) is 3.79. The predicted octanol–water partition coefficient (Wildman–Crippen LogP) is 2.99. The van der Waals surface area contributed by atoms with Crippen LogP contribution in [0.5, 0.6) is 0 Å². The summed E-state index contributed by atoms with van der Waals surface area (Å²) < 4.78 is 1.94. The first-order valence-electron chi connectivity index (χ1n) is 4.85. The summed E-state index contributed by atoms with van der Waals surface area (Å²) in [4.78, 5) is 11.7. The third-order valence-corrected chi connectivity index (χ3v) is 14.4. The number of nitrogens with zero attached hydrogens (tertiary/aromatic N) is 1. The van der Waals surface area contributed by atoms with E-state index in [2.05, 4.69) is 30.8 Å². The van der Waals surface area contributed by atoms with Crippen LogP contribution in [0.15, 0.2) is 23.0 Å². The third kappa shape index (κ3) is 2.21. The van der Waals surface area contributed by atoms with E-state index in [4.69, 9.17) is 0 Å². The van der Waals surface area contributed by atoms with E-state index in [1.54, 1.807) is 6.07 Å². The molecule has 0 spiro atoms. The monoisotopic (exact) mass is 277 g/mol. The van der Waals surface area contributed by atoms with Crippen LogP contribution in [-0.4, -0.2) is 10.2 Å². The van der Waals surface area contributed by atoms with Crippen LogP contribution < -0.4 is 5.56 Å². The van der Waals surface area contributed by atoms with Crippen LogP contribution in [0.3, 0.4) is 0 Å². The molecule has 1 aromatic heterocycles. The molecular weight excluding hydrogens is 262 g/mol. The standard InChI is InChI=1S/C9H15NOP4/c1-6-7-3-2-4-9(11)10(7)5-8(6)15(13)14-12/h2-4,6,8,14H,5,12-13H2,1H3/t6-,8+,15?/m0/s1. The lowest BCUT2D eigenvalue weighted by Gasteiger charge is -2.20. The summed E-state index contributed by atoms with van der Waals surface area (Å²) in [6.07, 6.45) is 0. The second-order valence-corrected chi connectivity index (χ2v) is 13.4. The van der Waals surface area contributed by atoms with Crippen LogP contribution in [0.4, 0.5) is 0 Å². The molecule has 0 bridgehead atoms. The van der Waals surface area contributed by atoms with Gasteiger partial charge in [0.2, 0.25) is 0 Å². The Morgan fingerprint density at radius 1 is 1.60 bits per heavy atom. The molecule has 0 aliphatic carbocycles. The van der Waals surface area contributed by atoms with Crippen molar-refractivity contribution < 1.29 is 0 Å². The van der Waals surface area contributed by atoms with E-state index in [1.807, 2.05) is 10.6 Å². The van der Waals surface area contributed by atoms with Gasteiger partial charge in [-0.1, -0.05) is 28.2 Å². The smallest absolute Gasteiger partial charge is 0.250 e. The van der Waals surface area contributed by atoms with E-state index in [1.165, 1.54) is 5.69 Å². The first-order valence-corrected chi connectivity index (χ1v) is 11.5. The Bertz CT molecular complexity index is 419. The van der Waals surface area contributed by atoms with Crippen molar-refractivity contribution in [1.29, 1.82) is 0 Å². The molecule has 1 aromatic rings. The largest absolute Gasteiger partial charge is 0.312 e. The molecule has 4 unspecified atom stereocenters. The number of rotatable bonds is 2. The van der Waals surface area contributed by atoms with E-state index in [-0.39, 0.29) is 12.9 Å². The van der Waals surface area contributed by atoms with Crippen LogP contribution >= 0.6 is 33.1 Å². The van der Waals surface area contributed by atoms with E-state index in [9.17, 15) is 4.79 Å². The maximum atomic E-state index is 11.7. The van der Waals surface area contributed by atoms with E-state index >= 15 is 0 Å². The molecule has 0 amide bonds. The molecule has 6 heteroatoms. The third-order valence-electron chi connectivity index (χ3n) is 3.00. The zero-order valence-corrected chi connectivity index (χ0v) is 12.8. The number of hydrogen-bond donors (Lipinski definition) is 0. The molecule has 2 nitrogen and oxygen atoms in total. The van der Waals surface area contributed by atoms with Crippen molar-refractivity contribution in [3.05, 3.63) is 34.2 Å². The molecule has 15 heavy (non-hydrogen) atoms. The summed E-state index contributed by atoms with van der Waals surface area (Å²) >= 11 is 0. The highest BCUT2D eigenvalue weighted by atomic mass is 32.6. The maximum absolute atomic E-state index is 11.7. The van der Waals surface area contributed by atoms with Gasteiger partial charge in [-0.25, -0.2) is 0 Å². The van der Waals surface area contributed by atoms with Gasteiger partial charge in [-0.15, -0.1) is 17.9 Å². The van der Waals surface area contributed by atoms with Crippen molar-refractivity contribution in [3.8, 4) is 0 Å². The zero-order chi connectivity index (χ0) is 11.0. The fourth-order valence-electron chi connectivity index (χ4n) is 2.10. The molecule has 2 heterocycles. The molecule has 6 atom stereocenters. The summed E-state index contributed by atoms with van der Waals surface area (Å²) in [6.45, 7) is 3.15. The van der Waals surface area contributed by atoms with Gasteiger partial charge in [-0.2, -0.15) is 0 Å². The van der Waals surface area contributed by atoms with Crippen molar-refractivity contribution in [1.82, 2.24) is 4.57 Å². The van der Waals surface area contributed by atoms with Gasteiger partial charge in [-0.3, -0.25) is 4.79 Å². The molecule has 0 saturated heterocycles. The summed E-state index contributed by atoms with van der Waals surface area (Å²) in [5.74, 6) is 0.524. The lowest BCUT2D eigenvalue weighted by molar-refractivity contribution is 0.707. The van der Waals surface area contributed by atoms with Gasteiger partial charge in [0.05, 0.1) is 0 Å². The van der Waals surface area contributed by atoms with Crippen molar-refractivity contribution >= 4 is 33.1 Å². The van der Waals surface area contributed by atoms with Gasteiger partial charge < -0.3 is 4.57 Å². The van der Waals surface area contributed by atoms with Gasteiger partial charge in [0.1, 0.15) is 0 Å². The normalized spacial score (nSPS) is 27.1. The Kier molecular flexibility index (Phi) is 3.96. The molecule has 0 saturated carbocycles. The molecule has 0 fully saturated rings. The van der Waals surface area contributed by atoms with Gasteiger partial charge in [-0.05, 0) is 6.07 Å². The SMILES string of the molecule is C[C@H]1c2cccc(=O)n2C[C@H]1P(P)PP. The van der Waals surface area contributed by atoms with Crippen molar-refractivity contribution in [2.45, 2.75) is 25.0 Å². The molecule has 2 rings (SSSR count). The van der Waals surface area contributed by atoms with E-state index in [0.29, 0.717) is 11.6 Å². The Labute approximate surface area is 97.2 Å². The van der Waals surface area contributed by atoms with E-state index in [0.717, 1.165) is 14.5 Å². The fraction of sp³-hybridized carbons (Fsp3) is 0.444. The summed E-state index contributed by atoms with van der Waals surface area (Å²) in [5, 5.41) is 0. The minimum atomic E-state index is -0.0299. The summed E-state index contributed by atoms with van der Waals surface area (Å²) in [7, 11) is 6.69. The van der Waals surface area contributed by atoms with Crippen LogP contribution in [0.1, 0.15) is 18.5 Å². The maximum Gasteiger partial charge on any atom is 0.250 e. The summed E-state index contributed by atoms with van der Waals surface area (Å²) in [6, 6.07) is 5.62. The average Bonchev–Trinajstić information content (AvgIpc) is 2.57. The minimum absolute atomic E-state index is 0.0299. The highest BCUT2D eigenvalue weighted by molar-refractivity contribution is 8.61. The Morgan fingerprint density at radius 3 is 2.93 bits per heavy atom. The molecule has 0 N–H and O–H groups in total. The molecule has 1 aliphatic rings. The fourth-order valence-corrected chi connectivity index (χ4v) is 7.53. The van der Waals surface area contributed by atoms with Crippen molar-refractivity contribution in [2.75, 3.05) is 0 Å². The summed E-state index contributed by atoms with van der Waals surface area (Å²) in [5.41, 5.74) is 2.02. The van der Waals surface area contributed by atoms with Crippen LogP contribution in [0.2, 0.25) is 0 Å². The average molecular weight is 277 g/mol. The van der Waals surface area contributed by atoms with E-state index < -0.39 is 0 Å². The molecule has 1 aliphatic heterocycles. The lowest BCUT2D eigenvalue weighted by Crippen LogP contribution is -2.18. The topological polar surface area (TPSA) is 22.0 Å². The Hall–Kier alpha value is 0.670. The van der Waals surface area contributed by atoms with Gasteiger partial charge in [0, 0.05) is 29.9 Å². The molecular formula is C9H15NOP4. The molecule has 0 radical (unpaired) electrons. The molecule has 82 valence electrons. The minimum Gasteiger partial charge on any atom is -0.312 e. The zero-order valence-electron chi connectivity index (χ0n) is 8.55. The van der Waals surface area contributed by atoms with Crippen LogP contribution in [0.25, 0.3) is 0 Å². The highest BCUT2D eigenvalue weighted by Crippen LogP contribution is 2.72. The molecule has 0 aromatic carbocycles. The predicted molar refractivity (Wildman–Crippen MR) is 77.6 cm³/mol. The second kappa shape index (κ2) is 4.89.